The van der Waals surface area contributed by atoms with E-state index < -0.39 is 0 Å². The molecule has 2 N–H and O–H groups in total. The van der Waals surface area contributed by atoms with Gasteiger partial charge in [0.25, 0.3) is 0 Å². The Hall–Kier alpha value is -3.60. The fourth-order valence-corrected chi connectivity index (χ4v) is 10.1. The van der Waals surface area contributed by atoms with E-state index in [0.717, 1.165) is 54.6 Å². The van der Waals surface area contributed by atoms with Crippen LogP contribution in [0.3, 0.4) is 0 Å². The quantitative estimate of drug-likeness (QED) is 0.177. The van der Waals surface area contributed by atoms with Gasteiger partial charge in [0, 0.05) is 57.8 Å². The second-order valence-corrected chi connectivity index (χ2v) is 16.6. The van der Waals surface area contributed by atoms with Crippen LogP contribution < -0.4 is 10.6 Å². The summed E-state index contributed by atoms with van der Waals surface area (Å²) in [7, 11) is 3.90. The van der Waals surface area contributed by atoms with Gasteiger partial charge in [0.05, 0.1) is 10.5 Å². The third-order valence-electron chi connectivity index (χ3n) is 8.66. The predicted molar refractivity (Wildman–Crippen MR) is 206 cm³/mol. The van der Waals surface area contributed by atoms with Crippen molar-refractivity contribution in [2.24, 2.45) is 14.1 Å². The van der Waals surface area contributed by atoms with Crippen LogP contribution in [0.15, 0.2) is 67.2 Å². The Kier molecular flexibility index (Phi) is 10.1. The number of rotatable bonds is 4. The molecule has 0 radical (unpaired) electrons. The number of aryl methyl sites for hydroxylation is 4. The first-order valence-electron chi connectivity index (χ1n) is 16.0. The number of hydrogen-bond donors (Lipinski definition) is 2. The maximum absolute atomic E-state index is 4.96. The number of nitrogens with zero attached hydrogens (tertiary/aromatic N) is 8. The number of aromatic nitrogens is 8. The third-order valence-corrected chi connectivity index (χ3v) is 12.7. The number of benzene rings is 2. The van der Waals surface area contributed by atoms with Crippen molar-refractivity contribution in [3.8, 4) is 23.0 Å². The van der Waals surface area contributed by atoms with Crippen molar-refractivity contribution in [1.29, 1.82) is 0 Å². The molecule has 16 heteroatoms. The molecule has 4 atom stereocenters. The molecule has 0 aliphatic carbocycles. The standard InChI is InChI=1S/2C17H18BrN5OS/c2*1-9-6-11(18)4-5-12(9)15-13-14(16-19-8-24-22-16)21-23(3)17(13)20-10(2)7-25-15/h2*4-6,8,10,15,20H,7H2,1-3H3/t10-,15+;10-,15-/m01/s1. The van der Waals surface area contributed by atoms with Gasteiger partial charge >= 0.3 is 0 Å². The fraction of sp³-hybridized carbons (Fsp3) is 0.353. The lowest BCUT2D eigenvalue weighted by Crippen LogP contribution is -2.18. The Morgan fingerprint density at radius 2 is 1.12 bits per heavy atom. The number of fused-ring (bicyclic) bond motifs is 2. The Labute approximate surface area is 315 Å². The van der Waals surface area contributed by atoms with Gasteiger partial charge in [0.2, 0.25) is 24.4 Å². The van der Waals surface area contributed by atoms with Crippen molar-refractivity contribution in [1.82, 2.24) is 39.8 Å². The van der Waals surface area contributed by atoms with E-state index in [-0.39, 0.29) is 10.5 Å². The van der Waals surface area contributed by atoms with Crippen molar-refractivity contribution in [3.63, 3.8) is 0 Å². The average molecular weight is 841 g/mol. The minimum atomic E-state index is 0.155. The highest BCUT2D eigenvalue weighted by molar-refractivity contribution is 9.10. The van der Waals surface area contributed by atoms with E-state index in [1.165, 1.54) is 35.0 Å². The van der Waals surface area contributed by atoms with Gasteiger partial charge in [-0.3, -0.25) is 9.36 Å². The molecule has 0 saturated heterocycles. The molecule has 2 aromatic carbocycles. The minimum Gasteiger partial charge on any atom is -0.367 e. The smallest absolute Gasteiger partial charge is 0.223 e. The average Bonchev–Trinajstić information content (AvgIpc) is 3.87. The van der Waals surface area contributed by atoms with Crippen LogP contribution >= 0.6 is 55.4 Å². The summed E-state index contributed by atoms with van der Waals surface area (Å²) >= 11 is 10.9. The lowest BCUT2D eigenvalue weighted by molar-refractivity contribution is 0.418. The predicted octanol–water partition coefficient (Wildman–Crippen LogP) is 8.36. The summed E-state index contributed by atoms with van der Waals surface area (Å²) in [6.07, 6.45) is 2.69. The number of anilines is 2. The molecular weight excluding hydrogens is 804 g/mol. The summed E-state index contributed by atoms with van der Waals surface area (Å²) in [6.45, 7) is 8.67. The molecule has 6 heterocycles. The van der Waals surface area contributed by atoms with E-state index in [1.54, 1.807) is 0 Å². The molecule has 2 aliphatic heterocycles. The Morgan fingerprint density at radius 1 is 0.700 bits per heavy atom. The minimum absolute atomic E-state index is 0.155. The molecule has 6 aromatic rings. The fourth-order valence-electron chi connectivity index (χ4n) is 6.35. The normalized spacial score (nSPS) is 20.0. The van der Waals surface area contributed by atoms with Crippen LogP contribution in [0.2, 0.25) is 0 Å². The maximum atomic E-state index is 4.96. The van der Waals surface area contributed by atoms with Gasteiger partial charge in [0.1, 0.15) is 23.0 Å². The summed E-state index contributed by atoms with van der Waals surface area (Å²) in [5.74, 6) is 5.08. The highest BCUT2D eigenvalue weighted by Crippen LogP contribution is 2.48. The van der Waals surface area contributed by atoms with Crippen molar-refractivity contribution >= 4 is 67.0 Å². The largest absolute Gasteiger partial charge is 0.367 e. The lowest BCUT2D eigenvalue weighted by atomic mass is 9.99. The van der Waals surface area contributed by atoms with Crippen LogP contribution in [0.4, 0.5) is 11.6 Å². The van der Waals surface area contributed by atoms with Crippen LogP contribution in [0, 0.1) is 13.8 Å². The third kappa shape index (κ3) is 6.86. The number of hydrogen-bond acceptors (Lipinski definition) is 12. The summed E-state index contributed by atoms with van der Waals surface area (Å²) in [6, 6.07) is 13.6. The number of nitrogens with one attached hydrogen (secondary N) is 2. The van der Waals surface area contributed by atoms with E-state index in [2.05, 4.69) is 137 Å². The van der Waals surface area contributed by atoms with Crippen LogP contribution in [0.1, 0.15) is 57.7 Å². The zero-order valence-corrected chi connectivity index (χ0v) is 33.1. The molecule has 0 unspecified atom stereocenters. The topological polar surface area (TPSA) is 138 Å². The first-order chi connectivity index (χ1) is 24.1. The molecule has 50 heavy (non-hydrogen) atoms. The van der Waals surface area contributed by atoms with Crippen molar-refractivity contribution in [2.45, 2.75) is 50.3 Å². The summed E-state index contributed by atoms with van der Waals surface area (Å²) in [4.78, 5) is 8.45. The number of halogens is 2. The second kappa shape index (κ2) is 14.6. The molecule has 8 rings (SSSR count). The van der Waals surface area contributed by atoms with E-state index in [9.17, 15) is 0 Å². The summed E-state index contributed by atoms with van der Waals surface area (Å²) < 4.78 is 15.8. The molecule has 0 amide bonds. The first-order valence-corrected chi connectivity index (χ1v) is 19.7. The zero-order chi connectivity index (χ0) is 35.1. The van der Waals surface area contributed by atoms with Crippen LogP contribution in [-0.4, -0.2) is 63.4 Å². The molecule has 12 nitrogen and oxygen atoms in total. The van der Waals surface area contributed by atoms with Gasteiger partial charge in [-0.25, -0.2) is 0 Å². The molecule has 0 fully saturated rings. The maximum Gasteiger partial charge on any atom is 0.223 e. The Morgan fingerprint density at radius 3 is 1.48 bits per heavy atom. The Balaban J connectivity index is 0.000000157. The molecule has 2 aliphatic rings. The van der Waals surface area contributed by atoms with Gasteiger partial charge in [-0.15, -0.1) is 23.5 Å². The monoisotopic (exact) mass is 838 g/mol. The summed E-state index contributed by atoms with van der Waals surface area (Å²) in [5, 5.41) is 24.9. The molecule has 0 saturated carbocycles. The molecule has 0 bridgehead atoms. The first kappa shape index (κ1) is 34.8. The van der Waals surface area contributed by atoms with E-state index in [0.29, 0.717) is 23.7 Å². The van der Waals surface area contributed by atoms with Gasteiger partial charge < -0.3 is 19.7 Å². The highest BCUT2D eigenvalue weighted by Gasteiger charge is 2.34. The molecule has 0 spiro atoms. The van der Waals surface area contributed by atoms with Crippen LogP contribution in [0.25, 0.3) is 23.0 Å². The summed E-state index contributed by atoms with van der Waals surface area (Å²) in [5.41, 5.74) is 8.82. The number of thioether (sulfide) groups is 2. The van der Waals surface area contributed by atoms with Crippen molar-refractivity contribution in [2.75, 3.05) is 22.1 Å². The highest BCUT2D eigenvalue weighted by atomic mass is 79.9. The SMILES string of the molecule is Cc1cc(Br)ccc1[C@H]1SC[C@@H](C)Nc2c1c(-c1ncon1)nn2C.Cc1cc(Br)ccc1[C@H]1SC[C@H](C)Nc2c1c(-c1ncon1)nn2C. The van der Waals surface area contributed by atoms with Gasteiger partial charge in [-0.2, -0.15) is 20.2 Å². The lowest BCUT2D eigenvalue weighted by Gasteiger charge is -2.18. The van der Waals surface area contributed by atoms with Crippen LogP contribution in [-0.2, 0) is 14.1 Å². The molecule has 260 valence electrons. The van der Waals surface area contributed by atoms with E-state index >= 15 is 0 Å². The molecule has 4 aromatic heterocycles. The van der Waals surface area contributed by atoms with E-state index in [1.807, 2.05) is 47.0 Å². The van der Waals surface area contributed by atoms with Gasteiger partial charge in [-0.05, 0) is 74.2 Å². The van der Waals surface area contributed by atoms with Gasteiger partial charge in [-0.1, -0.05) is 54.3 Å². The molecular formula is C34H36Br2N10O2S2. The second-order valence-electron chi connectivity index (χ2n) is 12.5. The Bertz CT molecular complexity index is 1970. The van der Waals surface area contributed by atoms with Crippen molar-refractivity contribution in [3.05, 3.63) is 91.5 Å². The van der Waals surface area contributed by atoms with Crippen molar-refractivity contribution < 1.29 is 9.05 Å². The van der Waals surface area contributed by atoms with Gasteiger partial charge in [0.15, 0.2) is 0 Å². The zero-order valence-electron chi connectivity index (χ0n) is 28.3. The van der Waals surface area contributed by atoms with E-state index in [4.69, 9.17) is 9.05 Å². The van der Waals surface area contributed by atoms with Crippen LogP contribution in [0.5, 0.6) is 0 Å².